The molecule has 0 N–H and O–H groups in total. The van der Waals surface area contributed by atoms with Crippen molar-refractivity contribution in [1.29, 1.82) is 0 Å². The van der Waals surface area contributed by atoms with E-state index in [2.05, 4.69) is 91.0 Å². The molecule has 3 heterocycles. The first-order valence-corrected chi connectivity index (χ1v) is 19.7. The Kier molecular flexibility index (Phi) is 6.79. The standard InChI is InChI=1S/C51H35N3O2/c1-8-29-51(30-9-1)41-21-5-2-15-38(41)45-33(16-12-22-42(45)51)31-25-27-32(28-26-31)48-52-49(39-19-10-17-36-34-13-3-6-23-43(34)55-46(36)39)54-50(53-48)40-20-11-18-37-35-14-4-7-24-44(35)56-47(37)40/h2-7,10-28H,1,8-9,29-30H2. The fourth-order valence-corrected chi connectivity index (χ4v) is 9.83. The highest BCUT2D eigenvalue weighted by Crippen LogP contribution is 2.57. The maximum absolute atomic E-state index is 6.49. The molecule has 5 heteroatoms. The van der Waals surface area contributed by atoms with Crippen LogP contribution in [0.2, 0.25) is 0 Å². The number of furan rings is 2. The molecule has 1 saturated carbocycles. The minimum Gasteiger partial charge on any atom is -0.455 e. The van der Waals surface area contributed by atoms with E-state index < -0.39 is 0 Å². The second-order valence-corrected chi connectivity index (χ2v) is 15.4. The van der Waals surface area contributed by atoms with Crippen molar-refractivity contribution in [3.05, 3.63) is 163 Å². The van der Waals surface area contributed by atoms with Crippen LogP contribution in [0.3, 0.4) is 0 Å². The molecule has 3 aromatic heterocycles. The first-order chi connectivity index (χ1) is 27.7. The number of para-hydroxylation sites is 4. The zero-order chi connectivity index (χ0) is 36.8. The molecule has 0 unspecified atom stereocenters. The third-order valence-corrected chi connectivity index (χ3v) is 12.4. The largest absolute Gasteiger partial charge is 0.455 e. The van der Waals surface area contributed by atoms with E-state index in [-0.39, 0.29) is 5.41 Å². The van der Waals surface area contributed by atoms with Crippen molar-refractivity contribution in [3.8, 4) is 56.4 Å². The van der Waals surface area contributed by atoms with E-state index in [9.17, 15) is 0 Å². The van der Waals surface area contributed by atoms with Crippen molar-refractivity contribution in [3.63, 3.8) is 0 Å². The van der Waals surface area contributed by atoms with Crippen molar-refractivity contribution in [2.75, 3.05) is 0 Å². The van der Waals surface area contributed by atoms with Gasteiger partial charge in [-0.25, -0.2) is 15.0 Å². The Hall–Kier alpha value is -6.85. The molecule has 0 bridgehead atoms. The molecular weight excluding hydrogens is 687 g/mol. The van der Waals surface area contributed by atoms with Crippen LogP contribution in [0.4, 0.5) is 0 Å². The number of nitrogens with zero attached hydrogens (tertiary/aromatic N) is 3. The normalized spacial score (nSPS) is 14.6. The van der Waals surface area contributed by atoms with Gasteiger partial charge >= 0.3 is 0 Å². The number of aromatic nitrogens is 3. The molecule has 0 amide bonds. The Morgan fingerprint density at radius 1 is 0.375 bits per heavy atom. The third kappa shape index (κ3) is 4.58. The summed E-state index contributed by atoms with van der Waals surface area (Å²) in [5.74, 6) is 1.67. The highest BCUT2D eigenvalue weighted by atomic mass is 16.3. The van der Waals surface area contributed by atoms with Gasteiger partial charge in [0.25, 0.3) is 0 Å². The Morgan fingerprint density at radius 2 is 0.857 bits per heavy atom. The summed E-state index contributed by atoms with van der Waals surface area (Å²) >= 11 is 0. The Bertz CT molecular complexity index is 3050. The predicted molar refractivity (Wildman–Crippen MR) is 225 cm³/mol. The molecule has 0 saturated heterocycles. The minimum atomic E-state index is 0.114. The zero-order valence-electron chi connectivity index (χ0n) is 30.6. The van der Waals surface area contributed by atoms with Crippen LogP contribution in [0.5, 0.6) is 0 Å². The Morgan fingerprint density at radius 3 is 1.52 bits per heavy atom. The van der Waals surface area contributed by atoms with E-state index in [1.807, 2.05) is 60.7 Å². The van der Waals surface area contributed by atoms with E-state index in [4.69, 9.17) is 23.8 Å². The summed E-state index contributed by atoms with van der Waals surface area (Å²) < 4.78 is 13.0. The van der Waals surface area contributed by atoms with Gasteiger partial charge in [0.2, 0.25) is 0 Å². The van der Waals surface area contributed by atoms with Gasteiger partial charge in [0, 0.05) is 32.5 Å². The van der Waals surface area contributed by atoms with Crippen LogP contribution in [0.25, 0.3) is 100 Å². The van der Waals surface area contributed by atoms with E-state index in [1.165, 1.54) is 65.5 Å². The fraction of sp³-hybridized carbons (Fsp3) is 0.118. The van der Waals surface area contributed by atoms with Crippen LogP contribution in [0.15, 0.2) is 160 Å². The van der Waals surface area contributed by atoms with Gasteiger partial charge in [-0.05, 0) is 70.5 Å². The second-order valence-electron chi connectivity index (χ2n) is 15.4. The molecule has 56 heavy (non-hydrogen) atoms. The summed E-state index contributed by atoms with van der Waals surface area (Å²) in [6.07, 6.45) is 6.30. The summed E-state index contributed by atoms with van der Waals surface area (Å²) in [5, 5.41) is 4.17. The van der Waals surface area contributed by atoms with E-state index >= 15 is 0 Å². The summed E-state index contributed by atoms with van der Waals surface area (Å²) in [6, 6.07) is 53.4. The Labute approximate surface area is 323 Å². The van der Waals surface area contributed by atoms with Crippen molar-refractivity contribution < 1.29 is 8.83 Å². The number of rotatable bonds is 4. The summed E-state index contributed by atoms with van der Waals surface area (Å²) in [4.78, 5) is 15.5. The molecule has 1 fully saturated rings. The lowest BCUT2D eigenvalue weighted by Crippen LogP contribution is -2.27. The van der Waals surface area contributed by atoms with Gasteiger partial charge in [-0.2, -0.15) is 0 Å². The van der Waals surface area contributed by atoms with Crippen molar-refractivity contribution in [2.24, 2.45) is 0 Å². The summed E-state index contributed by atoms with van der Waals surface area (Å²) in [7, 11) is 0. The van der Waals surface area contributed by atoms with Crippen molar-refractivity contribution in [1.82, 2.24) is 15.0 Å². The molecule has 2 aliphatic carbocycles. The maximum Gasteiger partial charge on any atom is 0.167 e. The highest BCUT2D eigenvalue weighted by molar-refractivity contribution is 6.10. The molecule has 5 nitrogen and oxygen atoms in total. The highest BCUT2D eigenvalue weighted by Gasteiger charge is 2.44. The average Bonchev–Trinajstić information content (AvgIpc) is 3.93. The number of fused-ring (bicyclic) bond motifs is 11. The number of hydrogen-bond donors (Lipinski definition) is 0. The van der Waals surface area contributed by atoms with Gasteiger partial charge in [-0.1, -0.05) is 147 Å². The zero-order valence-corrected chi connectivity index (χ0v) is 30.6. The van der Waals surface area contributed by atoms with E-state index in [0.717, 1.165) is 60.6 Å². The van der Waals surface area contributed by atoms with Crippen molar-refractivity contribution >= 4 is 43.9 Å². The smallest absolute Gasteiger partial charge is 0.167 e. The average molecular weight is 722 g/mol. The van der Waals surface area contributed by atoms with Crippen LogP contribution < -0.4 is 0 Å². The lowest BCUT2D eigenvalue weighted by Gasteiger charge is -2.36. The minimum absolute atomic E-state index is 0.114. The van der Waals surface area contributed by atoms with E-state index in [1.54, 1.807) is 0 Å². The van der Waals surface area contributed by atoms with Crippen LogP contribution in [0.1, 0.15) is 43.2 Å². The Balaban J connectivity index is 1.03. The van der Waals surface area contributed by atoms with Gasteiger partial charge in [-0.15, -0.1) is 0 Å². The number of benzene rings is 7. The van der Waals surface area contributed by atoms with Crippen LogP contribution in [0, 0.1) is 0 Å². The maximum atomic E-state index is 6.49. The third-order valence-electron chi connectivity index (χ3n) is 12.4. The SMILES string of the molecule is c1ccc2c(c1)-c1c(-c3ccc(-c4nc(-c5cccc6c5oc5ccccc56)nc(-c5cccc6c5oc5ccccc56)n4)cc3)cccc1C21CCCCC1. The molecule has 0 radical (unpaired) electrons. The predicted octanol–water partition coefficient (Wildman–Crippen LogP) is 13.6. The summed E-state index contributed by atoms with van der Waals surface area (Å²) in [6.45, 7) is 0. The first-order valence-electron chi connectivity index (χ1n) is 19.7. The first kappa shape index (κ1) is 31.5. The van der Waals surface area contributed by atoms with Gasteiger partial charge in [0.15, 0.2) is 17.5 Å². The van der Waals surface area contributed by atoms with Crippen LogP contribution >= 0.6 is 0 Å². The monoisotopic (exact) mass is 721 g/mol. The van der Waals surface area contributed by atoms with Gasteiger partial charge in [-0.3, -0.25) is 0 Å². The topological polar surface area (TPSA) is 65.0 Å². The van der Waals surface area contributed by atoms with E-state index in [0.29, 0.717) is 17.5 Å². The number of hydrogen-bond acceptors (Lipinski definition) is 5. The molecule has 2 aliphatic rings. The molecule has 10 aromatic rings. The lowest BCUT2D eigenvalue weighted by atomic mass is 9.68. The second kappa shape index (κ2) is 12.1. The van der Waals surface area contributed by atoms with Gasteiger partial charge in [0.05, 0.1) is 11.1 Å². The van der Waals surface area contributed by atoms with Gasteiger partial charge < -0.3 is 8.83 Å². The van der Waals surface area contributed by atoms with Crippen LogP contribution in [-0.4, -0.2) is 15.0 Å². The summed E-state index contributed by atoms with van der Waals surface area (Å²) in [5.41, 5.74) is 14.0. The molecule has 0 aliphatic heterocycles. The fourth-order valence-electron chi connectivity index (χ4n) is 9.83. The lowest BCUT2D eigenvalue weighted by molar-refractivity contribution is 0.353. The van der Waals surface area contributed by atoms with Gasteiger partial charge in [0.1, 0.15) is 22.3 Å². The molecule has 266 valence electrons. The van der Waals surface area contributed by atoms with Crippen molar-refractivity contribution in [2.45, 2.75) is 37.5 Å². The molecule has 0 atom stereocenters. The molecule has 12 rings (SSSR count). The molecule has 1 spiro atoms. The molecular formula is C51H35N3O2. The quantitative estimate of drug-likeness (QED) is 0.181. The van der Waals surface area contributed by atoms with Crippen LogP contribution in [-0.2, 0) is 5.41 Å². The molecule has 7 aromatic carbocycles.